The van der Waals surface area contributed by atoms with Gasteiger partial charge in [-0.05, 0) is 207 Å². The second kappa shape index (κ2) is 25.6. The molecule has 2 aliphatic carbocycles. The zero-order valence-electron chi connectivity index (χ0n) is 58.4. The molecule has 0 N–H and O–H groups in total. The van der Waals surface area contributed by atoms with E-state index in [1.807, 2.05) is 60.7 Å². The Morgan fingerprint density at radius 3 is 0.863 bits per heavy atom. The molecule has 0 saturated heterocycles. The van der Waals surface area contributed by atoms with Crippen LogP contribution in [0.2, 0.25) is 0 Å². The Labute approximate surface area is 599 Å². The van der Waals surface area contributed by atoms with Crippen LogP contribution < -0.4 is 9.80 Å². The summed E-state index contributed by atoms with van der Waals surface area (Å²) in [5, 5.41) is 0. The number of fused-ring (bicyclic) bond motifs is 6. The van der Waals surface area contributed by atoms with Gasteiger partial charge in [0.1, 0.15) is 11.6 Å². The largest absolute Gasteiger partial charge is 0.310 e. The Hall–Kier alpha value is -12.0. The first kappa shape index (κ1) is 64.7. The fraction of sp³-hybridized carbons (Fsp3) is 0.102. The van der Waals surface area contributed by atoms with Crippen LogP contribution in [0, 0.1) is 11.6 Å². The predicted molar refractivity (Wildman–Crippen MR) is 424 cm³/mol. The third kappa shape index (κ3) is 11.0. The molecule has 4 heteroatoms. The summed E-state index contributed by atoms with van der Waals surface area (Å²) >= 11 is 0. The molecule has 494 valence electrons. The molecule has 0 aliphatic heterocycles. The van der Waals surface area contributed by atoms with Crippen molar-refractivity contribution in [3.8, 4) is 55.6 Å². The quantitative estimate of drug-likeness (QED) is 0.101. The minimum absolute atomic E-state index is 0.0573. The lowest BCUT2D eigenvalue weighted by atomic mass is 9.67. The van der Waals surface area contributed by atoms with Crippen LogP contribution in [0.15, 0.2) is 341 Å². The molecule has 2 unspecified atom stereocenters. The van der Waals surface area contributed by atoms with Crippen LogP contribution in [0.3, 0.4) is 0 Å². The van der Waals surface area contributed by atoms with Crippen molar-refractivity contribution >= 4 is 46.3 Å². The Morgan fingerprint density at radius 1 is 0.265 bits per heavy atom. The Bertz CT molecular complexity index is 5140. The van der Waals surface area contributed by atoms with Crippen molar-refractivity contribution in [1.29, 1.82) is 0 Å². The van der Waals surface area contributed by atoms with Crippen LogP contribution >= 0.6 is 0 Å². The Kier molecular flexibility index (Phi) is 16.3. The number of halogens is 2. The van der Waals surface area contributed by atoms with E-state index in [0.717, 1.165) is 112 Å². The number of hydrogen-bond donors (Lipinski definition) is 0. The summed E-state index contributed by atoms with van der Waals surface area (Å²) in [5.41, 5.74) is 25.7. The predicted octanol–water partition coefficient (Wildman–Crippen LogP) is 26.5. The molecule has 0 fully saturated rings. The molecule has 2 nitrogen and oxygen atoms in total. The first-order valence-electron chi connectivity index (χ1n) is 35.2. The molecule has 0 saturated carbocycles. The first-order chi connectivity index (χ1) is 49.5. The second-order valence-corrected chi connectivity index (χ2v) is 29.2. The molecule has 0 amide bonds. The van der Waals surface area contributed by atoms with E-state index in [1.165, 1.54) is 22.3 Å². The lowest BCUT2D eigenvalue weighted by Gasteiger charge is -2.35. The SMILES string of the molecule is C=Cc1ccc(C2(c3ccc(C(C)(C)C)cc3)c3ccccc3-c3ccc(N(c4ccc(-c5ccccc5)cc4)c4ccc(-c5ccc(N(c6ccc(-c7ccccc7)cc6)c6ccc7c(c6)C(c6ccc(C=C)cc6)(c6ccc(C(C)(C)C)cc6)c6ccccc6-7)cc5F)c(F)c4)cc32)cc1. The van der Waals surface area contributed by atoms with Gasteiger partial charge in [-0.1, -0.05) is 310 Å². The summed E-state index contributed by atoms with van der Waals surface area (Å²) in [6.45, 7) is 21.7. The second-order valence-electron chi connectivity index (χ2n) is 29.2. The highest BCUT2D eigenvalue weighted by Crippen LogP contribution is 2.60. The van der Waals surface area contributed by atoms with Crippen molar-refractivity contribution in [3.63, 3.8) is 0 Å². The topological polar surface area (TPSA) is 6.48 Å². The molecule has 16 rings (SSSR count). The maximum atomic E-state index is 18.0. The number of hydrogen-bond acceptors (Lipinski definition) is 2. The van der Waals surface area contributed by atoms with Crippen LogP contribution in [-0.2, 0) is 21.7 Å². The molecule has 2 atom stereocenters. The fourth-order valence-electron chi connectivity index (χ4n) is 16.1. The van der Waals surface area contributed by atoms with Gasteiger partial charge in [-0.25, -0.2) is 8.78 Å². The van der Waals surface area contributed by atoms with Crippen LogP contribution in [0.1, 0.15) is 108 Å². The lowest BCUT2D eigenvalue weighted by Crippen LogP contribution is -2.29. The van der Waals surface area contributed by atoms with Gasteiger partial charge in [-0.15, -0.1) is 0 Å². The molecule has 0 radical (unpaired) electrons. The smallest absolute Gasteiger partial charge is 0.133 e. The van der Waals surface area contributed by atoms with Gasteiger partial charge >= 0.3 is 0 Å². The van der Waals surface area contributed by atoms with E-state index in [-0.39, 0.29) is 22.0 Å². The monoisotopic (exact) mass is 1320 g/mol. The maximum absolute atomic E-state index is 18.0. The third-order valence-corrected chi connectivity index (χ3v) is 21.3. The zero-order valence-corrected chi connectivity index (χ0v) is 58.4. The van der Waals surface area contributed by atoms with Crippen molar-refractivity contribution in [3.05, 3.63) is 419 Å². The van der Waals surface area contributed by atoms with Gasteiger partial charge in [-0.3, -0.25) is 0 Å². The van der Waals surface area contributed by atoms with Gasteiger partial charge in [0.05, 0.1) is 10.8 Å². The number of rotatable bonds is 15. The average molecular weight is 1320 g/mol. The fourth-order valence-corrected chi connectivity index (χ4v) is 16.1. The van der Waals surface area contributed by atoms with E-state index in [1.54, 1.807) is 24.3 Å². The lowest BCUT2D eigenvalue weighted by molar-refractivity contribution is 0.589. The zero-order chi connectivity index (χ0) is 70.1. The van der Waals surface area contributed by atoms with Gasteiger partial charge in [-0.2, -0.15) is 0 Å². The van der Waals surface area contributed by atoms with Gasteiger partial charge in [0, 0.05) is 45.3 Å². The van der Waals surface area contributed by atoms with Gasteiger partial charge in [0.25, 0.3) is 0 Å². The van der Waals surface area contributed by atoms with Crippen LogP contribution in [0.5, 0.6) is 0 Å². The van der Waals surface area contributed by atoms with E-state index >= 15 is 8.78 Å². The van der Waals surface area contributed by atoms with E-state index in [9.17, 15) is 0 Å². The molecule has 14 aromatic rings. The average Bonchev–Trinajstić information content (AvgIpc) is 1.54. The Balaban J connectivity index is 0.833. The molecule has 14 aromatic carbocycles. The molecule has 2 aliphatic rings. The molecular weight excluding hydrogens is 1240 g/mol. The molecule has 0 bridgehead atoms. The molecule has 0 aromatic heterocycles. The van der Waals surface area contributed by atoms with Gasteiger partial charge in [0.15, 0.2) is 0 Å². The van der Waals surface area contributed by atoms with Crippen LogP contribution in [0.4, 0.5) is 42.9 Å². The van der Waals surface area contributed by atoms with E-state index in [0.29, 0.717) is 11.4 Å². The maximum Gasteiger partial charge on any atom is 0.133 e. The number of nitrogens with zero attached hydrogens (tertiary/aromatic N) is 2. The van der Waals surface area contributed by atoms with Crippen LogP contribution in [-0.4, -0.2) is 0 Å². The molecular formula is C98H78F2N2. The highest BCUT2D eigenvalue weighted by atomic mass is 19.1. The van der Waals surface area contributed by atoms with E-state index in [2.05, 4.69) is 319 Å². The molecule has 0 heterocycles. The first-order valence-corrected chi connectivity index (χ1v) is 35.2. The summed E-state index contributed by atoms with van der Waals surface area (Å²) in [4.78, 5) is 4.25. The molecule has 102 heavy (non-hydrogen) atoms. The number of benzene rings is 14. The van der Waals surface area contributed by atoms with Crippen molar-refractivity contribution in [2.45, 2.75) is 63.2 Å². The van der Waals surface area contributed by atoms with Gasteiger partial charge in [0.2, 0.25) is 0 Å². The van der Waals surface area contributed by atoms with Crippen molar-refractivity contribution < 1.29 is 8.78 Å². The third-order valence-electron chi connectivity index (χ3n) is 21.3. The minimum Gasteiger partial charge on any atom is -0.310 e. The Morgan fingerprint density at radius 2 is 0.539 bits per heavy atom. The summed E-state index contributed by atoms with van der Waals surface area (Å²) in [6.07, 6.45) is 3.77. The molecule has 0 spiro atoms. The normalized spacial score (nSPS) is 15.0. The summed E-state index contributed by atoms with van der Waals surface area (Å²) < 4.78 is 36.0. The van der Waals surface area contributed by atoms with E-state index < -0.39 is 22.5 Å². The standard InChI is InChI=1S/C98H78F2N2/c1-9-65-29-37-73(38-30-65)97(75-45-41-71(42-46-75)95(3,4)5)89-27-19-17-25-83(89)85-57-53-79(61-91(85)97)101(77-49-33-69(34-50-77)67-21-13-11-14-22-67)81-55-59-87(93(99)63-81)88-60-56-82(64-94(88)100)102(78-51-35-70(36-52-78)68-23-15-12-16-24-68)80-54-58-86-84-26-18-20-28-90(84)98(92(86)62-80,74-39-31-66(10-2)32-40-74)76-47-43-72(44-48-76)96(6,7)8/h9-64H,1-2H2,3-8H3. The van der Waals surface area contributed by atoms with Crippen molar-refractivity contribution in [2.24, 2.45) is 0 Å². The van der Waals surface area contributed by atoms with Crippen molar-refractivity contribution in [1.82, 2.24) is 0 Å². The number of anilines is 6. The summed E-state index contributed by atoms with van der Waals surface area (Å²) in [7, 11) is 0. The summed E-state index contributed by atoms with van der Waals surface area (Å²) in [6, 6.07) is 115. The minimum atomic E-state index is -0.741. The summed E-state index contributed by atoms with van der Waals surface area (Å²) in [5.74, 6) is -1.12. The highest BCUT2D eigenvalue weighted by molar-refractivity contribution is 5.93. The van der Waals surface area contributed by atoms with Crippen molar-refractivity contribution in [2.75, 3.05) is 9.80 Å². The van der Waals surface area contributed by atoms with Gasteiger partial charge < -0.3 is 9.80 Å². The highest BCUT2D eigenvalue weighted by Gasteiger charge is 2.48. The van der Waals surface area contributed by atoms with Crippen LogP contribution in [0.25, 0.3) is 67.8 Å². The van der Waals surface area contributed by atoms with E-state index in [4.69, 9.17) is 0 Å².